The van der Waals surface area contributed by atoms with E-state index in [1.807, 2.05) is 30.2 Å². The van der Waals surface area contributed by atoms with Crippen LogP contribution in [0.3, 0.4) is 0 Å². The first-order valence-corrected chi connectivity index (χ1v) is 16.8. The molecule has 5 heteroatoms. The number of anilines is 1. The predicted molar refractivity (Wildman–Crippen MR) is 163 cm³/mol. The van der Waals surface area contributed by atoms with Crippen molar-refractivity contribution in [2.45, 2.75) is 117 Å². The van der Waals surface area contributed by atoms with Crippen LogP contribution in [-0.4, -0.2) is 42.7 Å². The minimum Gasteiger partial charge on any atom is -0.393 e. The highest BCUT2D eigenvalue weighted by Gasteiger charge is 2.65. The zero-order valence-electron chi connectivity index (χ0n) is 26.2. The maximum atomic E-state index is 13.5. The summed E-state index contributed by atoms with van der Waals surface area (Å²) in [5.74, 6) is 4.24. The Kier molecular flexibility index (Phi) is 7.94. The highest BCUT2D eigenvalue weighted by molar-refractivity contribution is 5.98. The molecule has 0 radical (unpaired) electrons. The second kappa shape index (κ2) is 11.1. The van der Waals surface area contributed by atoms with Crippen molar-refractivity contribution in [1.29, 1.82) is 0 Å². The number of methoxy groups -OCH3 is 1. The van der Waals surface area contributed by atoms with Crippen LogP contribution in [0.1, 0.15) is 114 Å². The molecular weight excluding hydrogens is 510 g/mol. The van der Waals surface area contributed by atoms with E-state index in [1.165, 1.54) is 44.9 Å². The molecule has 1 aromatic carbocycles. The van der Waals surface area contributed by atoms with Crippen molar-refractivity contribution in [3.05, 3.63) is 29.3 Å². The van der Waals surface area contributed by atoms with Crippen molar-refractivity contribution in [3.63, 3.8) is 0 Å². The van der Waals surface area contributed by atoms with Crippen LogP contribution in [0.25, 0.3) is 0 Å². The third-order valence-corrected chi connectivity index (χ3v) is 13.6. The number of nitrogens with zero attached hydrogens (tertiary/aromatic N) is 1. The highest BCUT2D eigenvalue weighted by Crippen LogP contribution is 2.69. The number of benzene rings is 1. The Morgan fingerprint density at radius 2 is 1.93 bits per heavy atom. The van der Waals surface area contributed by atoms with E-state index in [4.69, 9.17) is 4.74 Å². The van der Waals surface area contributed by atoms with E-state index < -0.39 is 0 Å². The average Bonchev–Trinajstić information content (AvgIpc) is 3.58. The molecule has 10 atom stereocenters. The summed E-state index contributed by atoms with van der Waals surface area (Å²) in [5.41, 5.74) is 3.40. The minimum atomic E-state index is -0.104. The Hall–Kier alpha value is -1.72. The van der Waals surface area contributed by atoms with Crippen LogP contribution in [0.5, 0.6) is 0 Å². The molecule has 4 saturated carbocycles. The highest BCUT2D eigenvalue weighted by atomic mass is 16.5. The summed E-state index contributed by atoms with van der Waals surface area (Å²) < 4.78 is 6.50. The summed E-state index contributed by atoms with van der Waals surface area (Å²) in [5, 5.41) is 10.5. The van der Waals surface area contributed by atoms with Gasteiger partial charge in [0, 0.05) is 36.7 Å². The molecule has 4 aliphatic carbocycles. The summed E-state index contributed by atoms with van der Waals surface area (Å²) in [6.45, 7) is 9.71. The van der Waals surface area contributed by atoms with Gasteiger partial charge in [-0.3, -0.25) is 9.59 Å². The fourth-order valence-corrected chi connectivity index (χ4v) is 11.5. The number of hydrogen-bond acceptors (Lipinski definition) is 4. The first-order chi connectivity index (χ1) is 19.6. The second-order valence-electron chi connectivity index (χ2n) is 14.9. The average molecular weight is 564 g/mol. The molecule has 1 amide bonds. The smallest absolute Gasteiger partial charge is 0.227 e. The molecule has 5 nitrogen and oxygen atoms in total. The van der Waals surface area contributed by atoms with Crippen LogP contribution < -0.4 is 4.90 Å². The van der Waals surface area contributed by atoms with E-state index in [0.717, 1.165) is 55.0 Å². The first-order valence-electron chi connectivity index (χ1n) is 16.8. The van der Waals surface area contributed by atoms with Gasteiger partial charge in [-0.05, 0) is 142 Å². The predicted octanol–water partition coefficient (Wildman–Crippen LogP) is 7.23. The molecule has 1 heterocycles. The number of aliphatic hydroxyl groups is 1. The van der Waals surface area contributed by atoms with E-state index in [2.05, 4.69) is 20.8 Å². The van der Waals surface area contributed by atoms with Crippen LogP contribution in [-0.2, 0) is 16.0 Å². The van der Waals surface area contributed by atoms with Crippen LogP contribution in [0.15, 0.2) is 18.2 Å². The number of Topliss-reactive ketones (excluding diaryl/α,β-unsaturated/α-hetero) is 1. The molecule has 0 saturated heterocycles. The standard InChI is InChI=1S/C36H53NO4/c1-6-36-29(22(2)7-14-34(40)37-18-16-25-19-24(23(3)38)8-13-32(25)37)11-12-30(36)28-10-9-26-20-27(39)15-17-35(26,4)31(28)21-33(36)41-5/h8,13,19,22,26-31,33,39H,6-7,9-12,14-18,20-21H2,1-5H3/t22-,26-,27-,28+,29-,30+,31+,33+,35+,36-/m1/s1. The summed E-state index contributed by atoms with van der Waals surface area (Å²) in [4.78, 5) is 27.3. The molecule has 41 heavy (non-hydrogen) atoms. The van der Waals surface area contributed by atoms with Crippen LogP contribution in [0.4, 0.5) is 5.69 Å². The molecule has 1 aromatic rings. The summed E-state index contributed by atoms with van der Waals surface area (Å²) in [6.07, 6.45) is 13.1. The van der Waals surface area contributed by atoms with Gasteiger partial charge in [0.05, 0.1) is 12.2 Å². The van der Waals surface area contributed by atoms with Crippen molar-refractivity contribution in [2.24, 2.45) is 46.3 Å². The number of rotatable bonds is 7. The van der Waals surface area contributed by atoms with Gasteiger partial charge in [0.2, 0.25) is 5.91 Å². The van der Waals surface area contributed by atoms with Gasteiger partial charge < -0.3 is 14.7 Å². The Balaban J connectivity index is 1.17. The van der Waals surface area contributed by atoms with Crippen molar-refractivity contribution in [1.82, 2.24) is 0 Å². The fraction of sp³-hybridized carbons (Fsp3) is 0.778. The number of amides is 1. The summed E-state index contributed by atoms with van der Waals surface area (Å²) in [7, 11) is 1.96. The van der Waals surface area contributed by atoms with Gasteiger partial charge in [0.25, 0.3) is 0 Å². The quantitative estimate of drug-likeness (QED) is 0.356. The Labute approximate surface area is 247 Å². The lowest BCUT2D eigenvalue weighted by molar-refractivity contribution is -0.190. The number of aliphatic hydroxyl groups excluding tert-OH is 1. The first kappa shape index (κ1) is 29.4. The zero-order valence-corrected chi connectivity index (χ0v) is 26.2. The molecule has 5 aliphatic rings. The lowest BCUT2D eigenvalue weighted by atomic mass is 9.43. The third-order valence-electron chi connectivity index (χ3n) is 13.6. The maximum absolute atomic E-state index is 13.5. The normalized spacial score (nSPS) is 40.3. The molecule has 0 aromatic heterocycles. The van der Waals surface area contributed by atoms with Crippen molar-refractivity contribution in [3.8, 4) is 0 Å². The Morgan fingerprint density at radius 3 is 2.66 bits per heavy atom. The topological polar surface area (TPSA) is 66.8 Å². The van der Waals surface area contributed by atoms with Gasteiger partial charge in [-0.2, -0.15) is 0 Å². The molecule has 1 aliphatic heterocycles. The van der Waals surface area contributed by atoms with E-state index >= 15 is 0 Å². The van der Waals surface area contributed by atoms with E-state index in [9.17, 15) is 14.7 Å². The number of ether oxygens (including phenoxy) is 1. The zero-order chi connectivity index (χ0) is 29.1. The minimum absolute atomic E-state index is 0.0780. The molecule has 0 bridgehead atoms. The van der Waals surface area contributed by atoms with Crippen LogP contribution in [0.2, 0.25) is 0 Å². The van der Waals surface area contributed by atoms with E-state index in [0.29, 0.717) is 41.4 Å². The van der Waals surface area contributed by atoms with Gasteiger partial charge in [0.1, 0.15) is 0 Å². The Bertz CT molecular complexity index is 1160. The molecule has 4 fully saturated rings. The molecule has 226 valence electrons. The molecule has 0 unspecified atom stereocenters. The summed E-state index contributed by atoms with van der Waals surface area (Å²) in [6, 6.07) is 5.81. The molecular formula is C36H53NO4. The van der Waals surface area contributed by atoms with E-state index in [-0.39, 0.29) is 29.3 Å². The maximum Gasteiger partial charge on any atom is 0.227 e. The number of carbonyl (C=O) groups is 2. The third kappa shape index (κ3) is 4.63. The SMILES string of the molecule is CC[C@]12[C@@H](OC)C[C@H]3[C@@H](CC[C@@H]4C[C@H](O)CC[C@@]43C)[C@@H]1CC[C@@H]2[C@H](C)CCC(=O)N1CCc2cc(C(C)=O)ccc21. The second-order valence-corrected chi connectivity index (χ2v) is 14.9. The monoisotopic (exact) mass is 563 g/mol. The lowest BCUT2D eigenvalue weighted by Gasteiger charge is -2.63. The van der Waals surface area contributed by atoms with Crippen LogP contribution in [0, 0.1) is 46.3 Å². The number of hydrogen-bond donors (Lipinski definition) is 1. The number of fused-ring (bicyclic) bond motifs is 6. The molecule has 6 rings (SSSR count). The van der Waals surface area contributed by atoms with Crippen molar-refractivity contribution in [2.75, 3.05) is 18.6 Å². The number of ketones is 1. The van der Waals surface area contributed by atoms with E-state index in [1.54, 1.807) is 6.92 Å². The fourth-order valence-electron chi connectivity index (χ4n) is 11.5. The lowest BCUT2D eigenvalue weighted by Crippen LogP contribution is -2.60. The summed E-state index contributed by atoms with van der Waals surface area (Å²) >= 11 is 0. The van der Waals surface area contributed by atoms with Gasteiger partial charge in [-0.25, -0.2) is 0 Å². The van der Waals surface area contributed by atoms with Gasteiger partial charge >= 0.3 is 0 Å². The molecule has 0 spiro atoms. The van der Waals surface area contributed by atoms with Crippen molar-refractivity contribution >= 4 is 17.4 Å². The van der Waals surface area contributed by atoms with Gasteiger partial charge in [-0.1, -0.05) is 20.8 Å². The number of carbonyl (C=O) groups excluding carboxylic acids is 2. The van der Waals surface area contributed by atoms with Gasteiger partial charge in [0.15, 0.2) is 5.78 Å². The van der Waals surface area contributed by atoms with Crippen LogP contribution >= 0.6 is 0 Å². The van der Waals surface area contributed by atoms with Crippen molar-refractivity contribution < 1.29 is 19.4 Å². The van der Waals surface area contributed by atoms with Gasteiger partial charge in [-0.15, -0.1) is 0 Å². The largest absolute Gasteiger partial charge is 0.393 e. The molecule has 1 N–H and O–H groups in total. The Morgan fingerprint density at radius 1 is 1.12 bits per heavy atom.